The molecule has 0 bridgehead atoms. The average molecular weight is 437 g/mol. The van der Waals surface area contributed by atoms with Crippen LogP contribution in [0.5, 0.6) is 5.75 Å². The van der Waals surface area contributed by atoms with Crippen LogP contribution < -0.4 is 4.74 Å². The Kier molecular flexibility index (Phi) is 7.84. The summed E-state index contributed by atoms with van der Waals surface area (Å²) in [5, 5.41) is 0. The molecule has 2 aliphatic rings. The van der Waals surface area contributed by atoms with Crippen molar-refractivity contribution in [2.75, 3.05) is 6.61 Å². The molecule has 3 rings (SSSR count). The van der Waals surface area contributed by atoms with E-state index in [2.05, 4.69) is 31.2 Å². The molecule has 1 aromatic rings. The molecule has 1 aromatic carbocycles. The van der Waals surface area contributed by atoms with E-state index in [0.29, 0.717) is 18.9 Å². The van der Waals surface area contributed by atoms with E-state index in [1.54, 1.807) is 0 Å². The van der Waals surface area contributed by atoms with Crippen LogP contribution in [0.1, 0.15) is 51.5 Å². The second-order valence-electron chi connectivity index (χ2n) is 8.78. The van der Waals surface area contributed by atoms with Crippen molar-refractivity contribution in [3.05, 3.63) is 54.1 Å². The minimum atomic E-state index is -4.38. The van der Waals surface area contributed by atoms with E-state index >= 15 is 0 Å². The van der Waals surface area contributed by atoms with Crippen LogP contribution in [0.15, 0.2) is 48.6 Å². The van der Waals surface area contributed by atoms with Crippen molar-refractivity contribution in [3.63, 3.8) is 0 Å². The standard InChI is InChI=1S/C25H31F3O3/c1-17(16-30-20-9-7-8-19(15-20)25(26,27)28)12-13-21-18(2)14-23-22(21)10-5-3-4-6-11-24(29)31-23/h3,5,7-9,12-13,15,17-18,21-23H,4,6,10-11,14,16H2,1-2H3/b5-3-,13-12+/t17-,18-,21+,22-,23+/m1/s1. The maximum atomic E-state index is 12.9. The molecule has 5 atom stereocenters. The molecule has 0 radical (unpaired) electrons. The molecule has 3 nitrogen and oxygen atoms in total. The Bertz CT molecular complexity index is 799. The molecule has 6 heteroatoms. The van der Waals surface area contributed by atoms with Gasteiger partial charge in [-0.05, 0) is 55.7 Å². The first-order valence-electron chi connectivity index (χ1n) is 11.1. The van der Waals surface area contributed by atoms with Crippen molar-refractivity contribution in [2.24, 2.45) is 23.7 Å². The molecule has 0 aromatic heterocycles. The summed E-state index contributed by atoms with van der Waals surface area (Å²) >= 11 is 0. The number of fused-ring (bicyclic) bond motifs is 1. The van der Waals surface area contributed by atoms with E-state index in [1.807, 2.05) is 6.92 Å². The fourth-order valence-electron chi connectivity index (χ4n) is 4.47. The van der Waals surface area contributed by atoms with E-state index in [-0.39, 0.29) is 35.6 Å². The summed E-state index contributed by atoms with van der Waals surface area (Å²) in [5.41, 5.74) is -0.711. The van der Waals surface area contributed by atoms with Crippen LogP contribution in [0.25, 0.3) is 0 Å². The number of hydrogen-bond acceptors (Lipinski definition) is 3. The van der Waals surface area contributed by atoms with E-state index in [4.69, 9.17) is 9.47 Å². The van der Waals surface area contributed by atoms with Crippen LogP contribution in [-0.4, -0.2) is 18.7 Å². The predicted molar refractivity (Wildman–Crippen MR) is 113 cm³/mol. The van der Waals surface area contributed by atoms with Crippen LogP contribution in [0, 0.1) is 23.7 Å². The molecule has 1 fully saturated rings. The largest absolute Gasteiger partial charge is 0.493 e. The topological polar surface area (TPSA) is 35.5 Å². The highest BCUT2D eigenvalue weighted by Gasteiger charge is 2.41. The molecule has 0 saturated heterocycles. The minimum absolute atomic E-state index is 0.0402. The Labute approximate surface area is 182 Å². The summed E-state index contributed by atoms with van der Waals surface area (Å²) < 4.78 is 49.9. The number of rotatable bonds is 5. The second-order valence-corrected chi connectivity index (χ2v) is 8.78. The molecule has 1 saturated carbocycles. The van der Waals surface area contributed by atoms with Crippen molar-refractivity contribution in [1.29, 1.82) is 0 Å². The Morgan fingerprint density at radius 1 is 1.29 bits per heavy atom. The monoisotopic (exact) mass is 436 g/mol. The first kappa shape index (κ1) is 23.4. The summed E-state index contributed by atoms with van der Waals surface area (Å²) in [6.07, 6.45) is 8.10. The van der Waals surface area contributed by atoms with Gasteiger partial charge in [0.25, 0.3) is 0 Å². The van der Waals surface area contributed by atoms with Crippen LogP contribution >= 0.6 is 0 Å². The third-order valence-electron chi connectivity index (χ3n) is 6.18. The van der Waals surface area contributed by atoms with E-state index < -0.39 is 11.7 Å². The zero-order valence-electron chi connectivity index (χ0n) is 18.1. The number of halogens is 3. The maximum Gasteiger partial charge on any atom is 0.416 e. The molecule has 1 aliphatic carbocycles. The van der Waals surface area contributed by atoms with Gasteiger partial charge in [0.15, 0.2) is 0 Å². The number of esters is 1. The first-order valence-corrected chi connectivity index (χ1v) is 11.1. The van der Waals surface area contributed by atoms with Gasteiger partial charge in [-0.15, -0.1) is 0 Å². The Hall–Kier alpha value is -2.24. The number of benzene rings is 1. The second kappa shape index (κ2) is 10.4. The van der Waals surface area contributed by atoms with Gasteiger partial charge in [0.2, 0.25) is 0 Å². The lowest BCUT2D eigenvalue weighted by Crippen LogP contribution is -2.25. The number of allylic oxidation sites excluding steroid dienone is 3. The molecular weight excluding hydrogens is 405 g/mol. The minimum Gasteiger partial charge on any atom is -0.493 e. The molecule has 0 N–H and O–H groups in total. The van der Waals surface area contributed by atoms with Gasteiger partial charge in [0.1, 0.15) is 11.9 Å². The van der Waals surface area contributed by atoms with E-state index in [9.17, 15) is 18.0 Å². The van der Waals surface area contributed by atoms with Crippen molar-refractivity contribution in [1.82, 2.24) is 0 Å². The van der Waals surface area contributed by atoms with Crippen LogP contribution in [0.4, 0.5) is 13.2 Å². The number of hydrogen-bond donors (Lipinski definition) is 0. The van der Waals surface area contributed by atoms with Gasteiger partial charge >= 0.3 is 12.1 Å². The number of alkyl halides is 3. The van der Waals surface area contributed by atoms with Gasteiger partial charge in [0.05, 0.1) is 12.2 Å². The molecule has 0 amide bonds. The van der Waals surface area contributed by atoms with Gasteiger partial charge in [-0.3, -0.25) is 4.79 Å². The van der Waals surface area contributed by atoms with Crippen LogP contribution in [-0.2, 0) is 15.7 Å². The summed E-state index contributed by atoms with van der Waals surface area (Å²) in [6.45, 7) is 4.46. The summed E-state index contributed by atoms with van der Waals surface area (Å²) in [7, 11) is 0. The van der Waals surface area contributed by atoms with Crippen LogP contribution in [0.2, 0.25) is 0 Å². The van der Waals surface area contributed by atoms with Crippen LogP contribution in [0.3, 0.4) is 0 Å². The molecular formula is C25H31F3O3. The highest BCUT2D eigenvalue weighted by atomic mass is 19.4. The third-order valence-corrected chi connectivity index (χ3v) is 6.18. The summed E-state index contributed by atoms with van der Waals surface area (Å²) in [4.78, 5) is 12.1. The van der Waals surface area contributed by atoms with Gasteiger partial charge in [0, 0.05) is 18.3 Å². The Morgan fingerprint density at radius 2 is 2.10 bits per heavy atom. The Balaban J connectivity index is 1.60. The lowest BCUT2D eigenvalue weighted by atomic mass is 9.86. The normalized spacial score (nSPS) is 29.3. The SMILES string of the molecule is C[C@H](/C=C/[C@@H]1[C@H]2C/C=C\CCCC(=O)O[C@H]2C[C@H]1C)COc1cccc(C(F)(F)F)c1. The smallest absolute Gasteiger partial charge is 0.416 e. The molecule has 1 heterocycles. The highest BCUT2D eigenvalue weighted by molar-refractivity contribution is 5.69. The van der Waals surface area contributed by atoms with Gasteiger partial charge in [-0.25, -0.2) is 0 Å². The predicted octanol–water partition coefficient (Wildman–Crippen LogP) is 6.59. The molecule has 170 valence electrons. The maximum absolute atomic E-state index is 12.9. The van der Waals surface area contributed by atoms with E-state index in [1.165, 1.54) is 12.1 Å². The van der Waals surface area contributed by atoms with Crippen molar-refractivity contribution >= 4 is 5.97 Å². The quantitative estimate of drug-likeness (QED) is 0.386. The number of carbonyl (C=O) groups excluding carboxylic acids is 1. The highest BCUT2D eigenvalue weighted by Crippen LogP contribution is 2.42. The van der Waals surface area contributed by atoms with Gasteiger partial charge in [-0.1, -0.05) is 44.2 Å². The van der Waals surface area contributed by atoms with E-state index in [0.717, 1.165) is 37.8 Å². The van der Waals surface area contributed by atoms with Crippen molar-refractivity contribution in [3.8, 4) is 5.75 Å². The average Bonchev–Trinajstić information content (AvgIpc) is 3.01. The Morgan fingerprint density at radius 3 is 2.87 bits per heavy atom. The third kappa shape index (κ3) is 6.62. The van der Waals surface area contributed by atoms with Gasteiger partial charge in [-0.2, -0.15) is 13.2 Å². The number of carbonyl (C=O) groups is 1. The summed E-state index contributed by atoms with van der Waals surface area (Å²) in [6, 6.07) is 4.96. The fourth-order valence-corrected chi connectivity index (χ4v) is 4.47. The zero-order chi connectivity index (χ0) is 22.4. The molecule has 0 spiro atoms. The van der Waals surface area contributed by atoms with Gasteiger partial charge < -0.3 is 9.47 Å². The summed E-state index contributed by atoms with van der Waals surface area (Å²) in [5.74, 6) is 1.08. The number of ether oxygens (including phenoxy) is 2. The lowest BCUT2D eigenvalue weighted by Gasteiger charge is -2.24. The first-order chi connectivity index (χ1) is 14.7. The molecule has 0 unspecified atom stereocenters. The fraction of sp³-hybridized carbons (Fsp3) is 0.560. The van der Waals surface area contributed by atoms with Crippen molar-refractivity contribution < 1.29 is 27.4 Å². The lowest BCUT2D eigenvalue weighted by molar-refractivity contribution is -0.151. The molecule has 31 heavy (non-hydrogen) atoms. The molecule has 1 aliphatic heterocycles. The van der Waals surface area contributed by atoms with Crippen molar-refractivity contribution in [2.45, 2.75) is 58.2 Å². The zero-order valence-corrected chi connectivity index (χ0v) is 18.1.